The summed E-state index contributed by atoms with van der Waals surface area (Å²) in [4.78, 5) is 4.93. The van der Waals surface area contributed by atoms with E-state index in [9.17, 15) is 0 Å². The largest absolute Gasteiger partial charge is 0.378 e. The number of nitrogens with zero attached hydrogens (tertiary/aromatic N) is 2. The molecule has 0 saturated carbocycles. The van der Waals surface area contributed by atoms with Crippen molar-refractivity contribution in [1.82, 2.24) is 4.57 Å². The molecule has 1 aromatic heterocycles. The number of aryl methyl sites for hydroxylation is 1. The minimum atomic E-state index is -0.568. The van der Waals surface area contributed by atoms with E-state index in [1.54, 1.807) is 0 Å². The molecule has 6 aromatic carbocycles. The zero-order chi connectivity index (χ0) is 35.0. The molecule has 0 spiro atoms. The van der Waals surface area contributed by atoms with Gasteiger partial charge in [-0.05, 0) is 96.3 Å². The van der Waals surface area contributed by atoms with Gasteiger partial charge < -0.3 is 9.47 Å². The molecule has 3 heterocycles. The lowest BCUT2D eigenvalue weighted by Crippen LogP contribution is -2.64. The van der Waals surface area contributed by atoms with Crippen molar-refractivity contribution in [3.63, 3.8) is 0 Å². The van der Waals surface area contributed by atoms with Crippen LogP contribution < -0.4 is 21.3 Å². The average molecular weight is 689 g/mol. The first-order valence-corrected chi connectivity index (χ1v) is 19.6. The number of anilines is 1. The third-order valence-corrected chi connectivity index (χ3v) is 13.0. The number of para-hydroxylation sites is 1. The number of hydrogen-bond donors (Lipinski definition) is 0. The summed E-state index contributed by atoms with van der Waals surface area (Å²) in [7, 11) is 4.29. The van der Waals surface area contributed by atoms with Crippen molar-refractivity contribution in [2.75, 3.05) is 19.0 Å². The van der Waals surface area contributed by atoms with Crippen molar-refractivity contribution in [3.8, 4) is 5.69 Å². The van der Waals surface area contributed by atoms with E-state index < -0.39 is 5.41 Å². The van der Waals surface area contributed by atoms with Crippen LogP contribution in [-0.4, -0.2) is 25.4 Å². The summed E-state index contributed by atoms with van der Waals surface area (Å²) in [5.41, 5.74) is 17.2. The van der Waals surface area contributed by atoms with Crippen LogP contribution in [-0.2, 0) is 18.3 Å². The smallest absolute Gasteiger partial charge is 0.245 e. The first-order chi connectivity index (χ1) is 25.6. The van der Waals surface area contributed by atoms with Crippen molar-refractivity contribution in [1.29, 1.82) is 0 Å². The first-order valence-electron chi connectivity index (χ1n) is 18.8. The monoisotopic (exact) mass is 688 g/mol. The van der Waals surface area contributed by atoms with Gasteiger partial charge in [-0.2, -0.15) is 0 Å². The number of aromatic nitrogens is 1. The van der Waals surface area contributed by atoms with E-state index in [0.29, 0.717) is 0 Å². The van der Waals surface area contributed by atoms with Crippen LogP contribution >= 0.6 is 11.8 Å². The Morgan fingerprint density at radius 2 is 1.44 bits per heavy atom. The van der Waals surface area contributed by atoms with Gasteiger partial charge in [-0.3, -0.25) is 0 Å². The van der Waals surface area contributed by atoms with E-state index >= 15 is 0 Å². The fourth-order valence-electron chi connectivity index (χ4n) is 9.80. The minimum Gasteiger partial charge on any atom is -0.378 e. The van der Waals surface area contributed by atoms with E-state index in [1.165, 1.54) is 100 Å². The van der Waals surface area contributed by atoms with E-state index in [2.05, 4.69) is 176 Å². The van der Waals surface area contributed by atoms with Crippen molar-refractivity contribution in [3.05, 3.63) is 179 Å². The lowest BCUT2D eigenvalue weighted by atomic mass is 9.30. The Bertz CT molecular complexity index is 2510. The van der Waals surface area contributed by atoms with Gasteiger partial charge in [0, 0.05) is 40.7 Å². The Morgan fingerprint density at radius 1 is 0.712 bits per heavy atom. The van der Waals surface area contributed by atoms with E-state index in [-0.39, 0.29) is 6.71 Å². The highest BCUT2D eigenvalue weighted by molar-refractivity contribution is 8.00. The highest BCUT2D eigenvalue weighted by Crippen LogP contribution is 2.51. The van der Waals surface area contributed by atoms with Gasteiger partial charge in [-0.15, -0.1) is 0 Å². The summed E-state index contributed by atoms with van der Waals surface area (Å²) in [6.07, 6.45) is 9.18. The highest BCUT2D eigenvalue weighted by Gasteiger charge is 2.52. The van der Waals surface area contributed by atoms with Crippen molar-refractivity contribution in [2.24, 2.45) is 0 Å². The van der Waals surface area contributed by atoms with Gasteiger partial charge >= 0.3 is 0 Å². The summed E-state index contributed by atoms with van der Waals surface area (Å²) >= 11 is 1.94. The number of hydrogen-bond acceptors (Lipinski definition) is 2. The normalized spacial score (nSPS) is 15.2. The van der Waals surface area contributed by atoms with Gasteiger partial charge in [-0.25, -0.2) is 0 Å². The van der Waals surface area contributed by atoms with Crippen LogP contribution in [0, 0.1) is 0 Å². The number of allylic oxidation sites excluding steroid dienone is 1. The van der Waals surface area contributed by atoms with E-state index in [4.69, 9.17) is 0 Å². The number of rotatable bonds is 5. The molecular weight excluding hydrogens is 647 g/mol. The van der Waals surface area contributed by atoms with Gasteiger partial charge in [0.2, 0.25) is 6.71 Å². The van der Waals surface area contributed by atoms with Gasteiger partial charge in [0.25, 0.3) is 0 Å². The van der Waals surface area contributed by atoms with Crippen LogP contribution in [0.4, 0.5) is 5.69 Å². The minimum absolute atomic E-state index is 0.102. The van der Waals surface area contributed by atoms with Crippen LogP contribution in [0.25, 0.3) is 22.7 Å². The Balaban J connectivity index is 1.42. The van der Waals surface area contributed by atoms with E-state index in [1.807, 2.05) is 11.8 Å². The van der Waals surface area contributed by atoms with Crippen LogP contribution in [0.3, 0.4) is 0 Å². The van der Waals surface area contributed by atoms with Gasteiger partial charge in [0.15, 0.2) is 0 Å². The van der Waals surface area contributed by atoms with Crippen molar-refractivity contribution >= 4 is 57.5 Å². The molecule has 0 saturated heterocycles. The SMILES string of the molecule is C/C=C/c1cc2c3c(c1)C(c1ccccc1)(c1ccccc1)c1c(cccc1-n1c4c(c5ccccc51)CCCC4)B3c1ccc(N(C)C)cc1S2. The molecular formula is C48H41BN2S. The lowest BCUT2D eigenvalue weighted by Gasteiger charge is -2.47. The third-order valence-electron chi connectivity index (χ3n) is 11.9. The molecule has 10 rings (SSSR count). The quantitative estimate of drug-likeness (QED) is 0.167. The molecule has 2 aliphatic heterocycles. The Labute approximate surface area is 311 Å². The zero-order valence-corrected chi connectivity index (χ0v) is 30.9. The highest BCUT2D eigenvalue weighted by atomic mass is 32.2. The lowest BCUT2D eigenvalue weighted by molar-refractivity contribution is 0.663. The molecule has 0 N–H and O–H groups in total. The molecule has 0 bridgehead atoms. The molecule has 2 nitrogen and oxygen atoms in total. The molecule has 7 aromatic rings. The summed E-state index contributed by atoms with van der Waals surface area (Å²) < 4.78 is 2.68. The van der Waals surface area contributed by atoms with Crippen LogP contribution in [0.1, 0.15) is 58.8 Å². The Morgan fingerprint density at radius 3 is 2.19 bits per heavy atom. The number of fused-ring (bicyclic) bond motifs is 7. The third kappa shape index (κ3) is 4.46. The molecule has 0 radical (unpaired) electrons. The van der Waals surface area contributed by atoms with Crippen molar-refractivity contribution in [2.45, 2.75) is 47.8 Å². The van der Waals surface area contributed by atoms with Crippen LogP contribution in [0.2, 0.25) is 0 Å². The predicted octanol–water partition coefficient (Wildman–Crippen LogP) is 9.29. The zero-order valence-electron chi connectivity index (χ0n) is 30.1. The molecule has 0 amide bonds. The fraction of sp³-hybridized carbons (Fsp3) is 0.167. The van der Waals surface area contributed by atoms with Gasteiger partial charge in [-0.1, -0.05) is 143 Å². The Kier molecular flexibility index (Phi) is 7.41. The maximum Gasteiger partial charge on any atom is 0.245 e. The average Bonchev–Trinajstić information content (AvgIpc) is 3.52. The number of benzene rings is 6. The maximum absolute atomic E-state index is 2.68. The fourth-order valence-corrected chi connectivity index (χ4v) is 11.0. The molecule has 0 unspecified atom stereocenters. The maximum atomic E-state index is 2.68. The summed E-state index contributed by atoms with van der Waals surface area (Å²) in [6.45, 7) is 2.24. The standard InChI is InChI=1S/C48H41BN2S/c1-4-16-32-29-38-47-45(30-32)52-44-31-35(50(2)3)27-28-39(44)49(47)40-23-15-26-43(51-41-24-13-11-21-36(41)37-22-12-14-25-42(37)51)46(40)48(38,33-17-7-5-8-18-33)34-19-9-6-10-20-34/h4-11,13,15-21,23-24,26-31H,12,14,22,25H2,1-3H3/b16-4+. The van der Waals surface area contributed by atoms with E-state index in [0.717, 1.165) is 12.8 Å². The van der Waals surface area contributed by atoms with Crippen molar-refractivity contribution < 1.29 is 0 Å². The molecule has 1 aliphatic carbocycles. The topological polar surface area (TPSA) is 8.17 Å². The second-order valence-corrected chi connectivity index (χ2v) is 15.9. The van der Waals surface area contributed by atoms with Crippen LogP contribution in [0.15, 0.2) is 149 Å². The molecule has 0 atom stereocenters. The molecule has 4 heteroatoms. The van der Waals surface area contributed by atoms with Gasteiger partial charge in [0.05, 0.1) is 16.6 Å². The molecule has 52 heavy (non-hydrogen) atoms. The van der Waals surface area contributed by atoms with Crippen LogP contribution in [0.5, 0.6) is 0 Å². The second-order valence-electron chi connectivity index (χ2n) is 14.8. The first kappa shape index (κ1) is 31.5. The Hall–Kier alpha value is -5.19. The summed E-state index contributed by atoms with van der Waals surface area (Å²) in [5.74, 6) is 0. The summed E-state index contributed by atoms with van der Waals surface area (Å²) in [5, 5.41) is 1.41. The molecule has 252 valence electrons. The molecule has 3 aliphatic rings. The van der Waals surface area contributed by atoms with Gasteiger partial charge in [0.1, 0.15) is 0 Å². The summed E-state index contributed by atoms with van der Waals surface area (Å²) in [6, 6.07) is 51.2. The second kappa shape index (κ2) is 12.2. The predicted molar refractivity (Wildman–Crippen MR) is 222 cm³/mol. The molecule has 0 fully saturated rings.